The van der Waals surface area contributed by atoms with E-state index >= 15 is 0 Å². The summed E-state index contributed by atoms with van der Waals surface area (Å²) in [5.41, 5.74) is 1.23. The fraction of sp³-hybridized carbons (Fsp3) is 0.318. The average Bonchev–Trinajstić information content (AvgIpc) is 2.95. The van der Waals surface area contributed by atoms with Crippen LogP contribution in [0.4, 0.5) is 10.5 Å². The van der Waals surface area contributed by atoms with Crippen LogP contribution in [0.1, 0.15) is 30.6 Å². The second-order valence-electron chi connectivity index (χ2n) is 6.88. The Morgan fingerprint density at radius 3 is 2.38 bits per heavy atom. The number of benzene rings is 2. The molecule has 0 aromatic heterocycles. The number of ketones is 1. The molecule has 29 heavy (non-hydrogen) atoms. The summed E-state index contributed by atoms with van der Waals surface area (Å²) in [6.45, 7) is 3.22. The van der Waals surface area contributed by atoms with Crippen molar-refractivity contribution in [1.82, 2.24) is 4.90 Å². The van der Waals surface area contributed by atoms with Gasteiger partial charge < -0.3 is 9.84 Å². The number of ether oxygens (including phenoxy) is 1. The lowest BCUT2D eigenvalue weighted by atomic mass is 10.1. The third kappa shape index (κ3) is 4.46. The first-order chi connectivity index (χ1) is 13.9. The van der Waals surface area contributed by atoms with E-state index in [1.54, 1.807) is 62.4 Å². The Bertz CT molecular complexity index is 882. The molecule has 0 saturated carbocycles. The number of imide groups is 1. The Kier molecular flexibility index (Phi) is 6.29. The molecule has 1 aliphatic heterocycles. The highest BCUT2D eigenvalue weighted by Gasteiger charge is 2.43. The number of para-hydroxylation sites is 1. The SMILES string of the molecule is CCC(=O)c1ccc(OC[C@@H](O)CN2C(=O)[C@H](C)N(c3ccccc3)C2=O)cc1. The molecular formula is C22H24N2O5. The molecule has 1 N–H and O–H groups in total. The van der Waals surface area contributed by atoms with Crippen LogP contribution in [-0.4, -0.2) is 53.0 Å². The monoisotopic (exact) mass is 396 g/mol. The van der Waals surface area contributed by atoms with Gasteiger partial charge in [0.2, 0.25) is 0 Å². The van der Waals surface area contributed by atoms with Crippen molar-refractivity contribution in [2.45, 2.75) is 32.4 Å². The van der Waals surface area contributed by atoms with E-state index < -0.39 is 18.2 Å². The number of β-amino-alcohol motifs (C(OH)–C–C–N with tert-alkyl or cyclic N) is 1. The highest BCUT2D eigenvalue weighted by molar-refractivity contribution is 6.14. The standard InChI is InChI=1S/C22H24N2O5/c1-3-20(26)16-9-11-19(12-10-16)29-14-18(25)13-23-21(27)15(2)24(22(23)28)17-7-5-4-6-8-17/h4-12,15,18,25H,3,13-14H2,1-2H3/t15-,18-/m0/s1. The van der Waals surface area contributed by atoms with Gasteiger partial charge in [-0.25, -0.2) is 4.79 Å². The minimum absolute atomic E-state index is 0.0414. The topological polar surface area (TPSA) is 87.2 Å². The first kappa shape index (κ1) is 20.5. The Labute approximate surface area is 169 Å². The lowest BCUT2D eigenvalue weighted by molar-refractivity contribution is -0.128. The molecule has 3 amide bonds. The summed E-state index contributed by atoms with van der Waals surface area (Å²) in [5, 5.41) is 10.3. The number of carbonyl (C=O) groups is 3. The average molecular weight is 396 g/mol. The number of carbonyl (C=O) groups excluding carboxylic acids is 3. The van der Waals surface area contributed by atoms with Crippen LogP contribution >= 0.6 is 0 Å². The minimum atomic E-state index is -1.04. The van der Waals surface area contributed by atoms with Crippen LogP contribution in [0.15, 0.2) is 54.6 Å². The van der Waals surface area contributed by atoms with E-state index in [0.29, 0.717) is 23.4 Å². The van der Waals surface area contributed by atoms with E-state index in [0.717, 1.165) is 4.90 Å². The van der Waals surface area contributed by atoms with Crippen molar-refractivity contribution in [1.29, 1.82) is 0 Å². The smallest absolute Gasteiger partial charge is 0.332 e. The van der Waals surface area contributed by atoms with Gasteiger partial charge in [-0.05, 0) is 43.3 Å². The molecule has 1 aliphatic rings. The molecule has 1 fully saturated rings. The van der Waals surface area contributed by atoms with Gasteiger partial charge in [-0.15, -0.1) is 0 Å². The van der Waals surface area contributed by atoms with Crippen LogP contribution in [-0.2, 0) is 4.79 Å². The molecular weight excluding hydrogens is 372 g/mol. The number of urea groups is 1. The van der Waals surface area contributed by atoms with Gasteiger partial charge in [0.1, 0.15) is 24.5 Å². The van der Waals surface area contributed by atoms with E-state index in [2.05, 4.69) is 0 Å². The summed E-state index contributed by atoms with van der Waals surface area (Å²) in [6, 6.07) is 14.5. The van der Waals surface area contributed by atoms with Crippen molar-refractivity contribution in [3.63, 3.8) is 0 Å². The van der Waals surface area contributed by atoms with Crippen LogP contribution in [0.5, 0.6) is 5.75 Å². The number of rotatable bonds is 8. The summed E-state index contributed by atoms with van der Waals surface area (Å²) in [5.74, 6) is 0.176. The third-order valence-electron chi connectivity index (χ3n) is 4.82. The predicted octanol–water partition coefficient (Wildman–Crippen LogP) is 2.88. The van der Waals surface area contributed by atoms with Crippen molar-refractivity contribution >= 4 is 23.4 Å². The number of amides is 3. The summed E-state index contributed by atoms with van der Waals surface area (Å²) in [4.78, 5) is 39.3. The maximum atomic E-state index is 12.7. The molecule has 0 radical (unpaired) electrons. The zero-order valence-corrected chi connectivity index (χ0v) is 16.4. The quantitative estimate of drug-likeness (QED) is 0.548. The van der Waals surface area contributed by atoms with Crippen molar-refractivity contribution in [2.24, 2.45) is 0 Å². The van der Waals surface area contributed by atoms with Gasteiger partial charge in [-0.2, -0.15) is 0 Å². The fourth-order valence-electron chi connectivity index (χ4n) is 3.21. The first-order valence-corrected chi connectivity index (χ1v) is 9.56. The summed E-state index contributed by atoms with van der Waals surface area (Å²) in [6.07, 6.45) is -0.613. The summed E-state index contributed by atoms with van der Waals surface area (Å²) in [7, 11) is 0. The normalized spacial score (nSPS) is 17.6. The number of Topliss-reactive ketones (excluding diaryl/α,β-unsaturated/α-hetero) is 1. The zero-order valence-electron chi connectivity index (χ0n) is 16.4. The van der Waals surface area contributed by atoms with E-state index in [1.807, 2.05) is 6.07 Å². The van der Waals surface area contributed by atoms with Crippen LogP contribution in [0.2, 0.25) is 0 Å². The van der Waals surface area contributed by atoms with Crippen LogP contribution in [0.3, 0.4) is 0 Å². The van der Waals surface area contributed by atoms with E-state index in [4.69, 9.17) is 4.74 Å². The van der Waals surface area contributed by atoms with E-state index in [9.17, 15) is 19.5 Å². The molecule has 3 rings (SSSR count). The molecule has 2 aromatic carbocycles. The molecule has 7 heteroatoms. The van der Waals surface area contributed by atoms with Crippen molar-refractivity contribution < 1.29 is 24.2 Å². The fourth-order valence-corrected chi connectivity index (χ4v) is 3.21. The molecule has 1 saturated heterocycles. The van der Waals surface area contributed by atoms with Gasteiger partial charge in [-0.1, -0.05) is 25.1 Å². The van der Waals surface area contributed by atoms with Gasteiger partial charge in [0.15, 0.2) is 5.78 Å². The number of anilines is 1. The lowest BCUT2D eigenvalue weighted by Crippen LogP contribution is -2.40. The number of aliphatic hydroxyl groups is 1. The second kappa shape index (κ2) is 8.87. The van der Waals surface area contributed by atoms with Crippen LogP contribution in [0, 0.1) is 0 Å². The lowest BCUT2D eigenvalue weighted by Gasteiger charge is -2.20. The van der Waals surface area contributed by atoms with Gasteiger partial charge in [0, 0.05) is 17.7 Å². The number of aliphatic hydroxyl groups excluding tert-OH is 1. The van der Waals surface area contributed by atoms with Gasteiger partial charge in [-0.3, -0.25) is 19.4 Å². The molecule has 1 heterocycles. The van der Waals surface area contributed by atoms with Gasteiger partial charge in [0.25, 0.3) is 5.91 Å². The predicted molar refractivity (Wildman–Crippen MR) is 108 cm³/mol. The largest absolute Gasteiger partial charge is 0.491 e. The number of nitrogens with zero attached hydrogens (tertiary/aromatic N) is 2. The van der Waals surface area contributed by atoms with E-state index in [1.165, 1.54) is 4.90 Å². The van der Waals surface area contributed by atoms with Crippen molar-refractivity contribution in [3.8, 4) is 5.75 Å². The Hall–Kier alpha value is -3.19. The highest BCUT2D eigenvalue weighted by Crippen LogP contribution is 2.25. The Morgan fingerprint density at radius 1 is 1.10 bits per heavy atom. The van der Waals surface area contributed by atoms with Crippen molar-refractivity contribution in [3.05, 3.63) is 60.2 Å². The Morgan fingerprint density at radius 2 is 1.76 bits per heavy atom. The maximum absolute atomic E-state index is 12.7. The van der Waals surface area contributed by atoms with Gasteiger partial charge >= 0.3 is 6.03 Å². The molecule has 152 valence electrons. The van der Waals surface area contributed by atoms with Gasteiger partial charge in [0.05, 0.1) is 6.54 Å². The molecule has 2 aromatic rings. The molecule has 0 unspecified atom stereocenters. The molecule has 7 nitrogen and oxygen atoms in total. The summed E-state index contributed by atoms with van der Waals surface area (Å²) < 4.78 is 5.53. The number of hydrogen-bond donors (Lipinski definition) is 1. The van der Waals surface area contributed by atoms with E-state index in [-0.39, 0.29) is 24.8 Å². The number of hydrogen-bond acceptors (Lipinski definition) is 5. The maximum Gasteiger partial charge on any atom is 0.332 e. The molecule has 0 bridgehead atoms. The minimum Gasteiger partial charge on any atom is -0.491 e. The molecule has 0 spiro atoms. The highest BCUT2D eigenvalue weighted by atomic mass is 16.5. The van der Waals surface area contributed by atoms with Crippen molar-refractivity contribution in [2.75, 3.05) is 18.1 Å². The molecule has 0 aliphatic carbocycles. The molecule has 2 atom stereocenters. The van der Waals surface area contributed by atoms with Crippen LogP contribution < -0.4 is 9.64 Å². The Balaban J connectivity index is 1.59. The first-order valence-electron chi connectivity index (χ1n) is 9.56. The van der Waals surface area contributed by atoms with Crippen LogP contribution in [0.25, 0.3) is 0 Å². The second-order valence-corrected chi connectivity index (χ2v) is 6.88. The summed E-state index contributed by atoms with van der Waals surface area (Å²) >= 11 is 0. The third-order valence-corrected chi connectivity index (χ3v) is 4.82. The zero-order chi connectivity index (χ0) is 21.0.